The number of aromatic amines is 1. The second kappa shape index (κ2) is 7.02. The van der Waals surface area contributed by atoms with Crippen LogP contribution in [0.25, 0.3) is 11.6 Å². The van der Waals surface area contributed by atoms with E-state index in [4.69, 9.17) is 0 Å². The van der Waals surface area contributed by atoms with Crippen LogP contribution in [-0.4, -0.2) is 32.8 Å². The zero-order valence-corrected chi connectivity index (χ0v) is 13.8. The van der Waals surface area contributed by atoms with Gasteiger partial charge >= 0.3 is 0 Å². The highest BCUT2D eigenvalue weighted by molar-refractivity contribution is 6.20. The van der Waals surface area contributed by atoms with Gasteiger partial charge in [0.25, 0.3) is 0 Å². The normalized spacial score (nSPS) is 16.6. The first-order valence-corrected chi connectivity index (χ1v) is 7.03. The molecule has 8 heteroatoms. The van der Waals surface area contributed by atoms with Crippen LogP contribution < -0.4 is 5.32 Å². The maximum absolute atomic E-state index is 9.93. The highest BCUT2D eigenvalue weighted by Gasteiger charge is 2.21. The van der Waals surface area contributed by atoms with E-state index in [2.05, 4.69) is 25.3 Å². The SMILES string of the molecule is Cl.Cl.Oc1nc(NCC2CC2)[nH]c1C=C1C=Nc2ncccc21. The van der Waals surface area contributed by atoms with Gasteiger partial charge in [-0.05, 0) is 37.0 Å². The standard InChI is InChI=1S/C15H15N5O.2ClH/c21-14-12(19-15(20-14)18-7-9-3-4-9)6-10-8-17-13-11(10)2-1-5-16-13;;/h1-2,5-6,8-9,21H,3-4,7H2,(H2,18,19,20);2*1H. The van der Waals surface area contributed by atoms with Gasteiger partial charge in [0.15, 0.2) is 5.82 Å². The van der Waals surface area contributed by atoms with E-state index in [-0.39, 0.29) is 30.7 Å². The van der Waals surface area contributed by atoms with Crippen LogP contribution in [0.3, 0.4) is 0 Å². The van der Waals surface area contributed by atoms with E-state index in [1.54, 1.807) is 12.4 Å². The fourth-order valence-electron chi connectivity index (χ4n) is 2.32. The zero-order chi connectivity index (χ0) is 14.2. The lowest BCUT2D eigenvalue weighted by molar-refractivity contribution is 0.455. The molecule has 0 aromatic carbocycles. The van der Waals surface area contributed by atoms with Crippen LogP contribution in [0.2, 0.25) is 0 Å². The highest BCUT2D eigenvalue weighted by atomic mass is 35.5. The van der Waals surface area contributed by atoms with E-state index in [1.807, 2.05) is 18.2 Å². The van der Waals surface area contributed by atoms with Crippen LogP contribution in [0.5, 0.6) is 5.88 Å². The number of nitrogens with zero attached hydrogens (tertiary/aromatic N) is 3. The molecule has 0 unspecified atom stereocenters. The lowest BCUT2D eigenvalue weighted by Crippen LogP contribution is -2.04. The van der Waals surface area contributed by atoms with Crippen molar-refractivity contribution in [1.82, 2.24) is 15.0 Å². The third kappa shape index (κ3) is 3.65. The van der Waals surface area contributed by atoms with Gasteiger partial charge in [-0.1, -0.05) is 0 Å². The predicted molar refractivity (Wildman–Crippen MR) is 96.2 cm³/mol. The molecule has 122 valence electrons. The number of rotatable bonds is 4. The molecule has 4 rings (SSSR count). The molecule has 2 aromatic rings. The summed E-state index contributed by atoms with van der Waals surface area (Å²) in [5.74, 6) is 2.05. The maximum atomic E-state index is 9.93. The molecular weight excluding hydrogens is 337 g/mol. The molecule has 1 aliphatic heterocycles. The Hall–Kier alpha value is -2.05. The summed E-state index contributed by atoms with van der Waals surface area (Å²) in [6.07, 6.45) is 7.84. The summed E-state index contributed by atoms with van der Waals surface area (Å²) in [7, 11) is 0. The number of pyridine rings is 1. The summed E-state index contributed by atoms with van der Waals surface area (Å²) >= 11 is 0. The number of aliphatic imine (C=N–C) groups is 1. The van der Waals surface area contributed by atoms with Crippen LogP contribution in [0.4, 0.5) is 11.8 Å². The van der Waals surface area contributed by atoms with Crippen molar-refractivity contribution in [1.29, 1.82) is 0 Å². The fourth-order valence-corrected chi connectivity index (χ4v) is 2.32. The Labute approximate surface area is 146 Å². The number of aromatic nitrogens is 3. The molecule has 0 amide bonds. The number of H-pyrrole nitrogens is 1. The molecule has 3 N–H and O–H groups in total. The molecule has 23 heavy (non-hydrogen) atoms. The van der Waals surface area contributed by atoms with Crippen LogP contribution in [0, 0.1) is 5.92 Å². The average Bonchev–Trinajstić information content (AvgIpc) is 3.15. The minimum Gasteiger partial charge on any atom is -0.492 e. The second-order valence-corrected chi connectivity index (χ2v) is 5.38. The molecule has 6 nitrogen and oxygen atoms in total. The smallest absolute Gasteiger partial charge is 0.238 e. The van der Waals surface area contributed by atoms with Crippen LogP contribution in [0.15, 0.2) is 23.3 Å². The topological polar surface area (TPSA) is 86.2 Å². The lowest BCUT2D eigenvalue weighted by Gasteiger charge is -1.99. The van der Waals surface area contributed by atoms with E-state index in [0.717, 1.165) is 23.6 Å². The van der Waals surface area contributed by atoms with Gasteiger partial charge in [0.05, 0.1) is 0 Å². The number of imidazole rings is 1. The first-order chi connectivity index (χ1) is 10.3. The Bertz CT molecular complexity index is 752. The number of fused-ring (bicyclic) bond motifs is 1. The molecule has 1 fully saturated rings. The van der Waals surface area contributed by atoms with Crippen LogP contribution in [0.1, 0.15) is 24.1 Å². The number of allylic oxidation sites excluding steroid dienone is 1. The third-order valence-electron chi connectivity index (χ3n) is 3.69. The molecule has 0 spiro atoms. The molecule has 2 aromatic heterocycles. The largest absolute Gasteiger partial charge is 0.492 e. The molecule has 2 aliphatic rings. The number of nitrogens with one attached hydrogen (secondary N) is 2. The van der Waals surface area contributed by atoms with Gasteiger partial charge < -0.3 is 15.4 Å². The zero-order valence-electron chi connectivity index (χ0n) is 12.2. The van der Waals surface area contributed by atoms with Gasteiger partial charge in [0.2, 0.25) is 11.8 Å². The van der Waals surface area contributed by atoms with Crippen molar-refractivity contribution < 1.29 is 5.11 Å². The van der Waals surface area contributed by atoms with Gasteiger partial charge in [0, 0.05) is 30.1 Å². The fraction of sp³-hybridized carbons (Fsp3) is 0.267. The van der Waals surface area contributed by atoms with Crippen molar-refractivity contribution in [3.63, 3.8) is 0 Å². The van der Waals surface area contributed by atoms with Gasteiger partial charge in [0.1, 0.15) is 5.69 Å². The molecular formula is C15H17Cl2N5O. The van der Waals surface area contributed by atoms with Crippen molar-refractivity contribution in [3.05, 3.63) is 29.6 Å². The van der Waals surface area contributed by atoms with Gasteiger partial charge in [-0.15, -0.1) is 24.8 Å². The van der Waals surface area contributed by atoms with Crippen molar-refractivity contribution in [3.8, 4) is 5.88 Å². The van der Waals surface area contributed by atoms with Crippen molar-refractivity contribution >= 4 is 54.4 Å². The summed E-state index contributed by atoms with van der Waals surface area (Å²) in [5, 5.41) is 13.1. The number of anilines is 1. The summed E-state index contributed by atoms with van der Waals surface area (Å²) in [5.41, 5.74) is 2.44. The van der Waals surface area contributed by atoms with Gasteiger partial charge in [-0.2, -0.15) is 4.98 Å². The van der Waals surface area contributed by atoms with E-state index < -0.39 is 0 Å². The van der Waals surface area contributed by atoms with Crippen molar-refractivity contribution in [2.24, 2.45) is 10.9 Å². The van der Waals surface area contributed by atoms with Crippen molar-refractivity contribution in [2.45, 2.75) is 12.8 Å². The first kappa shape index (κ1) is 17.3. The Balaban J connectivity index is 0.000000960. The number of aromatic hydroxyl groups is 1. The monoisotopic (exact) mass is 353 g/mol. The molecule has 0 bridgehead atoms. The molecule has 3 heterocycles. The highest BCUT2D eigenvalue weighted by Crippen LogP contribution is 2.32. The second-order valence-electron chi connectivity index (χ2n) is 5.38. The minimum absolute atomic E-state index is 0. The maximum Gasteiger partial charge on any atom is 0.238 e. The van der Waals surface area contributed by atoms with Crippen LogP contribution in [-0.2, 0) is 0 Å². The van der Waals surface area contributed by atoms with E-state index in [1.165, 1.54) is 12.8 Å². The predicted octanol–water partition coefficient (Wildman–Crippen LogP) is 3.43. The Morgan fingerprint density at radius 1 is 1.35 bits per heavy atom. The first-order valence-electron chi connectivity index (χ1n) is 7.03. The quantitative estimate of drug-likeness (QED) is 0.785. The number of hydrogen-bond donors (Lipinski definition) is 3. The average molecular weight is 354 g/mol. The minimum atomic E-state index is -0.00784. The lowest BCUT2D eigenvalue weighted by atomic mass is 10.1. The Kier molecular flexibility index (Phi) is 5.28. The number of halogens is 2. The van der Waals surface area contributed by atoms with E-state index in [9.17, 15) is 5.11 Å². The Morgan fingerprint density at radius 2 is 2.17 bits per heavy atom. The molecule has 1 aliphatic carbocycles. The van der Waals surface area contributed by atoms with Gasteiger partial charge in [-0.3, -0.25) is 0 Å². The summed E-state index contributed by atoms with van der Waals surface area (Å²) in [4.78, 5) is 15.6. The molecule has 0 saturated heterocycles. The molecule has 1 saturated carbocycles. The molecule has 0 atom stereocenters. The van der Waals surface area contributed by atoms with Gasteiger partial charge in [-0.25, -0.2) is 9.98 Å². The van der Waals surface area contributed by atoms with E-state index >= 15 is 0 Å². The number of hydrogen-bond acceptors (Lipinski definition) is 5. The van der Waals surface area contributed by atoms with Crippen LogP contribution >= 0.6 is 24.8 Å². The third-order valence-corrected chi connectivity index (χ3v) is 3.69. The molecule has 0 radical (unpaired) electrons. The Morgan fingerprint density at radius 3 is 2.96 bits per heavy atom. The van der Waals surface area contributed by atoms with Crippen molar-refractivity contribution in [2.75, 3.05) is 11.9 Å². The van der Waals surface area contributed by atoms with E-state index in [0.29, 0.717) is 17.5 Å². The summed E-state index contributed by atoms with van der Waals surface area (Å²) in [6.45, 7) is 0.900. The summed E-state index contributed by atoms with van der Waals surface area (Å²) < 4.78 is 0. The summed E-state index contributed by atoms with van der Waals surface area (Å²) in [6, 6.07) is 3.83.